The van der Waals surface area contributed by atoms with Crippen LogP contribution in [0.25, 0.3) is 0 Å². The standard InChI is InChI=1S/C15H19N3OS/c19-15(17-11-13-3-2-10-20-13)14-4-1-9-18(14)12-5-7-16-8-6-12/h1-4,9-10,12,16H,5-8,11H2,(H,17,19). The van der Waals surface area contributed by atoms with Crippen LogP contribution in [0.5, 0.6) is 0 Å². The Hall–Kier alpha value is -1.59. The first-order valence-corrected chi connectivity index (χ1v) is 7.91. The van der Waals surface area contributed by atoms with Gasteiger partial charge in [0.25, 0.3) is 5.91 Å². The summed E-state index contributed by atoms with van der Waals surface area (Å²) in [5, 5.41) is 8.39. The van der Waals surface area contributed by atoms with Gasteiger partial charge >= 0.3 is 0 Å². The highest BCUT2D eigenvalue weighted by Gasteiger charge is 2.19. The molecule has 5 heteroatoms. The molecule has 20 heavy (non-hydrogen) atoms. The topological polar surface area (TPSA) is 46.1 Å². The molecule has 2 aromatic heterocycles. The van der Waals surface area contributed by atoms with Gasteiger partial charge in [-0.15, -0.1) is 11.3 Å². The van der Waals surface area contributed by atoms with Crippen LogP contribution in [-0.4, -0.2) is 23.6 Å². The molecule has 3 rings (SSSR count). The van der Waals surface area contributed by atoms with Crippen molar-refractivity contribution in [2.75, 3.05) is 13.1 Å². The first-order chi connectivity index (χ1) is 9.84. The highest BCUT2D eigenvalue weighted by molar-refractivity contribution is 7.09. The number of aromatic nitrogens is 1. The molecule has 2 aromatic rings. The summed E-state index contributed by atoms with van der Waals surface area (Å²) < 4.78 is 2.13. The molecule has 2 N–H and O–H groups in total. The van der Waals surface area contributed by atoms with E-state index in [1.165, 1.54) is 4.88 Å². The van der Waals surface area contributed by atoms with Crippen LogP contribution in [0.3, 0.4) is 0 Å². The van der Waals surface area contributed by atoms with Crippen molar-refractivity contribution in [3.8, 4) is 0 Å². The van der Waals surface area contributed by atoms with Crippen molar-refractivity contribution in [2.24, 2.45) is 0 Å². The van der Waals surface area contributed by atoms with E-state index in [4.69, 9.17) is 0 Å². The van der Waals surface area contributed by atoms with Crippen molar-refractivity contribution in [3.63, 3.8) is 0 Å². The summed E-state index contributed by atoms with van der Waals surface area (Å²) in [6.07, 6.45) is 4.19. The SMILES string of the molecule is O=C(NCc1cccs1)c1cccn1C1CCNCC1. The number of carbonyl (C=O) groups is 1. The zero-order chi connectivity index (χ0) is 13.8. The van der Waals surface area contributed by atoms with Crippen LogP contribution in [0.15, 0.2) is 35.8 Å². The normalized spacial score (nSPS) is 16.2. The number of nitrogens with zero attached hydrogens (tertiary/aromatic N) is 1. The first-order valence-electron chi connectivity index (χ1n) is 7.03. The molecule has 0 bridgehead atoms. The van der Waals surface area contributed by atoms with Crippen LogP contribution in [-0.2, 0) is 6.54 Å². The minimum absolute atomic E-state index is 0.0157. The van der Waals surface area contributed by atoms with Gasteiger partial charge in [0.1, 0.15) is 5.69 Å². The Balaban J connectivity index is 1.67. The van der Waals surface area contributed by atoms with Crippen molar-refractivity contribution in [1.82, 2.24) is 15.2 Å². The lowest BCUT2D eigenvalue weighted by atomic mass is 10.1. The lowest BCUT2D eigenvalue weighted by molar-refractivity contribution is 0.0938. The lowest BCUT2D eigenvalue weighted by Crippen LogP contribution is -2.32. The van der Waals surface area contributed by atoms with Gasteiger partial charge in [-0.3, -0.25) is 4.79 Å². The summed E-state index contributed by atoms with van der Waals surface area (Å²) in [6.45, 7) is 2.66. The molecule has 0 unspecified atom stereocenters. The lowest BCUT2D eigenvalue weighted by Gasteiger charge is -2.25. The van der Waals surface area contributed by atoms with Gasteiger partial charge in [-0.25, -0.2) is 0 Å². The molecule has 0 atom stereocenters. The third-order valence-electron chi connectivity index (χ3n) is 3.72. The summed E-state index contributed by atoms with van der Waals surface area (Å²) in [4.78, 5) is 13.5. The van der Waals surface area contributed by atoms with E-state index < -0.39 is 0 Å². The van der Waals surface area contributed by atoms with E-state index in [9.17, 15) is 4.79 Å². The minimum Gasteiger partial charge on any atom is -0.346 e. The van der Waals surface area contributed by atoms with Crippen molar-refractivity contribution >= 4 is 17.2 Å². The summed E-state index contributed by atoms with van der Waals surface area (Å²) in [6, 6.07) is 8.35. The second kappa shape index (κ2) is 6.24. The van der Waals surface area contributed by atoms with Gasteiger partial charge in [-0.2, -0.15) is 0 Å². The van der Waals surface area contributed by atoms with Gasteiger partial charge in [0.05, 0.1) is 6.54 Å². The second-order valence-corrected chi connectivity index (χ2v) is 6.08. The fourth-order valence-electron chi connectivity index (χ4n) is 2.66. The molecule has 4 nitrogen and oxygen atoms in total. The van der Waals surface area contributed by atoms with E-state index in [1.54, 1.807) is 11.3 Å². The van der Waals surface area contributed by atoms with E-state index in [2.05, 4.69) is 15.2 Å². The van der Waals surface area contributed by atoms with Crippen LogP contribution >= 0.6 is 11.3 Å². The van der Waals surface area contributed by atoms with E-state index in [-0.39, 0.29) is 5.91 Å². The Morgan fingerprint density at radius 3 is 2.95 bits per heavy atom. The number of hydrogen-bond donors (Lipinski definition) is 2. The Morgan fingerprint density at radius 2 is 2.20 bits per heavy atom. The number of thiophene rings is 1. The molecule has 1 aliphatic rings. The third kappa shape index (κ3) is 2.94. The minimum atomic E-state index is 0.0157. The predicted octanol–water partition coefficient (Wildman–Crippen LogP) is 2.40. The van der Waals surface area contributed by atoms with E-state index in [0.717, 1.165) is 31.6 Å². The van der Waals surface area contributed by atoms with Crippen LogP contribution in [0.2, 0.25) is 0 Å². The number of carbonyl (C=O) groups excluding carboxylic acids is 1. The van der Waals surface area contributed by atoms with Gasteiger partial charge < -0.3 is 15.2 Å². The molecule has 106 valence electrons. The van der Waals surface area contributed by atoms with E-state index in [1.807, 2.05) is 35.8 Å². The molecule has 0 aliphatic carbocycles. The van der Waals surface area contributed by atoms with Gasteiger partial charge in [0.2, 0.25) is 0 Å². The van der Waals surface area contributed by atoms with Crippen LogP contribution in [0.4, 0.5) is 0 Å². The fraction of sp³-hybridized carbons (Fsp3) is 0.400. The summed E-state index contributed by atoms with van der Waals surface area (Å²) >= 11 is 1.66. The van der Waals surface area contributed by atoms with Crippen molar-refractivity contribution in [3.05, 3.63) is 46.4 Å². The molecule has 0 saturated carbocycles. The largest absolute Gasteiger partial charge is 0.346 e. The van der Waals surface area contributed by atoms with Gasteiger partial charge in [0.15, 0.2) is 0 Å². The van der Waals surface area contributed by atoms with Gasteiger partial charge in [0, 0.05) is 17.1 Å². The maximum Gasteiger partial charge on any atom is 0.268 e. The maximum atomic E-state index is 12.3. The molecule has 0 radical (unpaired) electrons. The molecule has 3 heterocycles. The number of hydrogen-bond acceptors (Lipinski definition) is 3. The zero-order valence-corrected chi connectivity index (χ0v) is 12.2. The monoisotopic (exact) mass is 289 g/mol. The Morgan fingerprint density at radius 1 is 1.35 bits per heavy atom. The first kappa shape index (κ1) is 13.4. The highest BCUT2D eigenvalue weighted by Crippen LogP contribution is 2.21. The van der Waals surface area contributed by atoms with Crippen LogP contribution in [0.1, 0.15) is 34.2 Å². The molecule has 1 amide bonds. The zero-order valence-electron chi connectivity index (χ0n) is 11.3. The smallest absolute Gasteiger partial charge is 0.268 e. The van der Waals surface area contributed by atoms with E-state index in [0.29, 0.717) is 12.6 Å². The van der Waals surface area contributed by atoms with E-state index >= 15 is 0 Å². The quantitative estimate of drug-likeness (QED) is 0.908. The molecular formula is C15H19N3OS. The summed E-state index contributed by atoms with van der Waals surface area (Å²) in [5.41, 5.74) is 0.772. The number of rotatable bonds is 4. The highest BCUT2D eigenvalue weighted by atomic mass is 32.1. The fourth-order valence-corrected chi connectivity index (χ4v) is 3.31. The number of nitrogens with one attached hydrogen (secondary N) is 2. The van der Waals surface area contributed by atoms with Crippen molar-refractivity contribution in [1.29, 1.82) is 0 Å². The van der Waals surface area contributed by atoms with Crippen molar-refractivity contribution in [2.45, 2.75) is 25.4 Å². The molecule has 0 aromatic carbocycles. The molecule has 1 aliphatic heterocycles. The van der Waals surface area contributed by atoms with Crippen LogP contribution in [0, 0.1) is 0 Å². The second-order valence-electron chi connectivity index (χ2n) is 5.04. The van der Waals surface area contributed by atoms with Gasteiger partial charge in [-0.1, -0.05) is 6.07 Å². The molecule has 1 saturated heterocycles. The predicted molar refractivity (Wildman–Crippen MR) is 81.1 cm³/mol. The maximum absolute atomic E-state index is 12.3. The number of piperidine rings is 1. The Bertz CT molecular complexity index is 555. The van der Waals surface area contributed by atoms with Crippen LogP contribution < -0.4 is 10.6 Å². The molecule has 0 spiro atoms. The van der Waals surface area contributed by atoms with Gasteiger partial charge in [-0.05, 0) is 49.5 Å². The van der Waals surface area contributed by atoms with Crippen molar-refractivity contribution < 1.29 is 4.79 Å². The summed E-state index contributed by atoms with van der Waals surface area (Å²) in [7, 11) is 0. The molecular weight excluding hydrogens is 270 g/mol. The summed E-state index contributed by atoms with van der Waals surface area (Å²) in [5.74, 6) is 0.0157. The number of amides is 1. The Labute approximate surface area is 122 Å². The molecule has 1 fully saturated rings. The average Bonchev–Trinajstić information content (AvgIpc) is 3.17. The Kier molecular flexibility index (Phi) is 4.18. The average molecular weight is 289 g/mol. The third-order valence-corrected chi connectivity index (χ3v) is 4.59.